The van der Waals surface area contributed by atoms with E-state index >= 15 is 0 Å². The van der Waals surface area contributed by atoms with Crippen molar-refractivity contribution in [3.63, 3.8) is 0 Å². The third-order valence-electron chi connectivity index (χ3n) is 5.73. The predicted octanol–water partition coefficient (Wildman–Crippen LogP) is 9.18. The lowest BCUT2D eigenvalue weighted by molar-refractivity contribution is 0.312. The van der Waals surface area contributed by atoms with Crippen LogP contribution in [0, 0.1) is 17.8 Å². The summed E-state index contributed by atoms with van der Waals surface area (Å²) in [6.07, 6.45) is 23.4. The third kappa shape index (κ3) is 16.8. The molecular weight excluding hydrogens is 288 g/mol. The van der Waals surface area contributed by atoms with Gasteiger partial charge in [-0.05, 0) is 17.8 Å². The summed E-state index contributed by atoms with van der Waals surface area (Å²) in [5, 5.41) is 0. The highest BCUT2D eigenvalue weighted by atomic mass is 14.2. The lowest BCUT2D eigenvalue weighted by atomic mass is 9.85. The maximum absolute atomic E-state index is 2.44. The Morgan fingerprint density at radius 2 is 0.833 bits per heavy atom. The van der Waals surface area contributed by atoms with E-state index in [-0.39, 0.29) is 0 Å². The zero-order chi connectivity index (χ0) is 18.0. The maximum Gasteiger partial charge on any atom is -0.0391 e. The highest BCUT2D eigenvalue weighted by Crippen LogP contribution is 2.25. The van der Waals surface area contributed by atoms with Crippen molar-refractivity contribution in [3.05, 3.63) is 0 Å². The summed E-state index contributed by atoms with van der Waals surface area (Å²) in [6.45, 7) is 11.9. The van der Waals surface area contributed by atoms with Crippen LogP contribution in [0.1, 0.15) is 137 Å². The summed E-state index contributed by atoms with van der Waals surface area (Å²) in [5.74, 6) is 2.77. The Hall–Kier alpha value is 0. The van der Waals surface area contributed by atoms with Gasteiger partial charge in [0.25, 0.3) is 0 Å². The molecule has 0 heterocycles. The molecule has 0 aromatic heterocycles. The van der Waals surface area contributed by atoms with Crippen molar-refractivity contribution in [3.8, 4) is 0 Å². The predicted molar refractivity (Wildman–Crippen MR) is 113 cm³/mol. The SMILES string of the molecule is CCCCCCCCC(CCCCCCCCCC(C)C)C(C)C. The second-order valence-corrected chi connectivity index (χ2v) is 9.01. The van der Waals surface area contributed by atoms with Gasteiger partial charge in [0.15, 0.2) is 0 Å². The highest BCUT2D eigenvalue weighted by Gasteiger charge is 2.12. The Labute approximate surface area is 155 Å². The molecule has 0 spiro atoms. The lowest BCUT2D eigenvalue weighted by Gasteiger charge is -2.20. The molecule has 1 atom stereocenters. The minimum absolute atomic E-state index is 0.886. The molecule has 0 fully saturated rings. The lowest BCUT2D eigenvalue weighted by Crippen LogP contribution is -2.08. The molecule has 0 amide bonds. The molecule has 0 N–H and O–H groups in total. The monoisotopic (exact) mass is 338 g/mol. The molecule has 24 heavy (non-hydrogen) atoms. The molecule has 0 nitrogen and oxygen atoms in total. The van der Waals surface area contributed by atoms with Gasteiger partial charge in [0.05, 0.1) is 0 Å². The molecule has 0 saturated heterocycles. The van der Waals surface area contributed by atoms with Gasteiger partial charge in [0.1, 0.15) is 0 Å². The van der Waals surface area contributed by atoms with Gasteiger partial charge >= 0.3 is 0 Å². The van der Waals surface area contributed by atoms with E-state index in [1.54, 1.807) is 0 Å². The first-order valence-corrected chi connectivity index (χ1v) is 11.6. The average molecular weight is 339 g/mol. The second kappa shape index (κ2) is 17.8. The van der Waals surface area contributed by atoms with Crippen LogP contribution in [0.4, 0.5) is 0 Å². The molecule has 0 bridgehead atoms. The van der Waals surface area contributed by atoms with Crippen LogP contribution < -0.4 is 0 Å². The smallest absolute Gasteiger partial charge is 0.0391 e. The number of unbranched alkanes of at least 4 members (excludes halogenated alkanes) is 11. The standard InChI is InChI=1S/C24H50/c1-6-7-8-9-14-17-20-24(23(4)5)21-18-15-12-10-11-13-16-19-22(2)3/h22-24H,6-21H2,1-5H3. The van der Waals surface area contributed by atoms with Gasteiger partial charge in [-0.1, -0.05) is 137 Å². The van der Waals surface area contributed by atoms with Gasteiger partial charge in [-0.25, -0.2) is 0 Å². The van der Waals surface area contributed by atoms with Crippen LogP contribution in [0.5, 0.6) is 0 Å². The summed E-state index contributed by atoms with van der Waals surface area (Å²) in [5.41, 5.74) is 0. The fourth-order valence-electron chi connectivity index (χ4n) is 3.84. The van der Waals surface area contributed by atoms with Gasteiger partial charge in [0, 0.05) is 0 Å². The average Bonchev–Trinajstić information content (AvgIpc) is 2.53. The van der Waals surface area contributed by atoms with Crippen molar-refractivity contribution in [2.24, 2.45) is 17.8 Å². The van der Waals surface area contributed by atoms with Crippen LogP contribution in [-0.4, -0.2) is 0 Å². The van der Waals surface area contributed by atoms with E-state index in [0.29, 0.717) is 0 Å². The molecule has 1 unspecified atom stereocenters. The summed E-state index contributed by atoms with van der Waals surface area (Å²) >= 11 is 0. The third-order valence-corrected chi connectivity index (χ3v) is 5.73. The minimum atomic E-state index is 0.886. The van der Waals surface area contributed by atoms with E-state index in [1.807, 2.05) is 0 Å². The summed E-state index contributed by atoms with van der Waals surface area (Å²) in [4.78, 5) is 0. The molecule has 0 aromatic carbocycles. The van der Waals surface area contributed by atoms with Gasteiger partial charge < -0.3 is 0 Å². The normalized spacial score (nSPS) is 13.1. The van der Waals surface area contributed by atoms with Crippen LogP contribution in [0.2, 0.25) is 0 Å². The van der Waals surface area contributed by atoms with Crippen molar-refractivity contribution in [2.75, 3.05) is 0 Å². The zero-order valence-corrected chi connectivity index (χ0v) is 18.0. The van der Waals surface area contributed by atoms with Crippen molar-refractivity contribution in [1.82, 2.24) is 0 Å². The molecule has 0 aliphatic carbocycles. The van der Waals surface area contributed by atoms with Crippen molar-refractivity contribution >= 4 is 0 Å². The van der Waals surface area contributed by atoms with Gasteiger partial charge in [-0.15, -0.1) is 0 Å². The van der Waals surface area contributed by atoms with E-state index in [0.717, 1.165) is 17.8 Å². The molecular formula is C24H50. The molecule has 0 heteroatoms. The Balaban J connectivity index is 3.47. The first-order chi connectivity index (χ1) is 11.6. The molecule has 0 rings (SSSR count). The largest absolute Gasteiger partial charge is 0.0654 e. The van der Waals surface area contributed by atoms with E-state index in [4.69, 9.17) is 0 Å². The van der Waals surface area contributed by atoms with Crippen LogP contribution in [0.25, 0.3) is 0 Å². The Bertz CT molecular complexity index is 228. The Kier molecular flexibility index (Phi) is 17.8. The van der Waals surface area contributed by atoms with Crippen molar-refractivity contribution in [2.45, 2.75) is 137 Å². The second-order valence-electron chi connectivity index (χ2n) is 9.01. The fraction of sp³-hybridized carbons (Fsp3) is 1.00. The molecule has 0 aliphatic rings. The van der Waals surface area contributed by atoms with Gasteiger partial charge in [0.2, 0.25) is 0 Å². The van der Waals surface area contributed by atoms with Crippen LogP contribution in [-0.2, 0) is 0 Å². The summed E-state index contributed by atoms with van der Waals surface area (Å²) < 4.78 is 0. The zero-order valence-electron chi connectivity index (χ0n) is 18.0. The Morgan fingerprint density at radius 1 is 0.458 bits per heavy atom. The first kappa shape index (κ1) is 24.0. The van der Waals surface area contributed by atoms with E-state index in [9.17, 15) is 0 Å². The van der Waals surface area contributed by atoms with Gasteiger partial charge in [-0.2, -0.15) is 0 Å². The molecule has 0 saturated carbocycles. The van der Waals surface area contributed by atoms with Crippen LogP contribution >= 0.6 is 0 Å². The van der Waals surface area contributed by atoms with Crippen LogP contribution in [0.3, 0.4) is 0 Å². The Morgan fingerprint density at radius 3 is 1.21 bits per heavy atom. The quantitative estimate of drug-likeness (QED) is 0.218. The van der Waals surface area contributed by atoms with E-state index < -0.39 is 0 Å². The fourth-order valence-corrected chi connectivity index (χ4v) is 3.84. The summed E-state index contributed by atoms with van der Waals surface area (Å²) in [6, 6.07) is 0. The molecule has 0 aromatic rings. The van der Waals surface area contributed by atoms with E-state index in [2.05, 4.69) is 34.6 Å². The van der Waals surface area contributed by atoms with Crippen LogP contribution in [0.15, 0.2) is 0 Å². The number of rotatable bonds is 18. The van der Waals surface area contributed by atoms with Crippen molar-refractivity contribution < 1.29 is 0 Å². The highest BCUT2D eigenvalue weighted by molar-refractivity contribution is 4.64. The molecule has 0 radical (unpaired) electrons. The first-order valence-electron chi connectivity index (χ1n) is 11.6. The minimum Gasteiger partial charge on any atom is -0.0654 e. The van der Waals surface area contributed by atoms with E-state index in [1.165, 1.54) is 103 Å². The van der Waals surface area contributed by atoms with Crippen molar-refractivity contribution in [1.29, 1.82) is 0 Å². The van der Waals surface area contributed by atoms with Gasteiger partial charge in [-0.3, -0.25) is 0 Å². The topological polar surface area (TPSA) is 0 Å². The summed E-state index contributed by atoms with van der Waals surface area (Å²) in [7, 11) is 0. The number of hydrogen-bond acceptors (Lipinski definition) is 0. The molecule has 146 valence electrons. The maximum atomic E-state index is 2.44. The molecule has 0 aliphatic heterocycles. The number of hydrogen-bond donors (Lipinski definition) is 0.